The Morgan fingerprint density at radius 2 is 2.05 bits per heavy atom. The number of aromatic nitrogens is 1. The van der Waals surface area contributed by atoms with Gasteiger partial charge in [-0.25, -0.2) is 0 Å². The molecule has 0 saturated carbocycles. The topological polar surface area (TPSA) is 94.8 Å². The van der Waals surface area contributed by atoms with Crippen molar-refractivity contribution in [2.75, 3.05) is 5.32 Å². The third kappa shape index (κ3) is 2.47. The number of aryl methyl sites for hydroxylation is 1. The lowest BCUT2D eigenvalue weighted by Gasteiger charge is -2.07. The van der Waals surface area contributed by atoms with Crippen LogP contribution in [0.2, 0.25) is 0 Å². The molecule has 0 aliphatic rings. The molecule has 0 unspecified atom stereocenters. The van der Waals surface area contributed by atoms with E-state index in [1.54, 1.807) is 12.1 Å². The maximum Gasteiger partial charge on any atom is 0.293 e. The van der Waals surface area contributed by atoms with Gasteiger partial charge in [0.2, 0.25) is 0 Å². The lowest BCUT2D eigenvalue weighted by atomic mass is 10.1. The standard InChI is InChI=1S/C16H12N4O2/c1-10-6-12-8-13(3-5-14(12)18-10)19-15-4-2-11(9-17)7-16(15)20(21)22/h2-8,18-19H,1H3. The molecule has 0 spiro atoms. The molecule has 0 aliphatic carbocycles. The first-order valence-electron chi connectivity index (χ1n) is 6.62. The second-order valence-electron chi connectivity index (χ2n) is 4.98. The van der Waals surface area contributed by atoms with Crippen molar-refractivity contribution in [3.05, 3.63) is 63.8 Å². The van der Waals surface area contributed by atoms with Crippen LogP contribution in [0, 0.1) is 28.4 Å². The molecule has 6 nitrogen and oxygen atoms in total. The molecule has 0 saturated heterocycles. The fourth-order valence-electron chi connectivity index (χ4n) is 2.37. The minimum absolute atomic E-state index is 0.121. The number of aromatic amines is 1. The van der Waals surface area contributed by atoms with Crippen LogP contribution in [0.25, 0.3) is 10.9 Å². The summed E-state index contributed by atoms with van der Waals surface area (Å²) >= 11 is 0. The van der Waals surface area contributed by atoms with Gasteiger partial charge in [-0.2, -0.15) is 5.26 Å². The maximum absolute atomic E-state index is 11.1. The Morgan fingerprint density at radius 1 is 1.23 bits per heavy atom. The van der Waals surface area contributed by atoms with E-state index in [-0.39, 0.29) is 11.3 Å². The van der Waals surface area contributed by atoms with Gasteiger partial charge >= 0.3 is 0 Å². The predicted molar refractivity (Wildman–Crippen MR) is 84.1 cm³/mol. The summed E-state index contributed by atoms with van der Waals surface area (Å²) in [5, 5.41) is 24.1. The Morgan fingerprint density at radius 3 is 2.77 bits per heavy atom. The molecule has 1 heterocycles. The summed E-state index contributed by atoms with van der Waals surface area (Å²) in [4.78, 5) is 13.9. The van der Waals surface area contributed by atoms with Gasteiger partial charge in [-0.05, 0) is 43.3 Å². The average molecular weight is 292 g/mol. The zero-order valence-corrected chi connectivity index (χ0v) is 11.8. The normalized spacial score (nSPS) is 10.4. The van der Waals surface area contributed by atoms with E-state index in [0.29, 0.717) is 5.69 Å². The number of benzene rings is 2. The SMILES string of the molecule is Cc1cc2cc(Nc3ccc(C#N)cc3[N+](=O)[O-])ccc2[nH]1. The molecule has 0 radical (unpaired) electrons. The lowest BCUT2D eigenvalue weighted by Crippen LogP contribution is -1.97. The molecule has 0 aliphatic heterocycles. The number of fused-ring (bicyclic) bond motifs is 1. The second kappa shape index (κ2) is 5.22. The van der Waals surface area contributed by atoms with Gasteiger partial charge in [0.15, 0.2) is 0 Å². The average Bonchev–Trinajstić information content (AvgIpc) is 2.86. The molecule has 0 atom stereocenters. The summed E-state index contributed by atoms with van der Waals surface area (Å²) in [7, 11) is 0. The van der Waals surface area contributed by atoms with Crippen LogP contribution in [-0.2, 0) is 0 Å². The molecule has 3 rings (SSSR count). The summed E-state index contributed by atoms with van der Waals surface area (Å²) in [6, 6.07) is 14.0. The van der Waals surface area contributed by atoms with Crippen molar-refractivity contribution in [1.82, 2.24) is 4.98 Å². The van der Waals surface area contributed by atoms with Crippen LogP contribution in [0.5, 0.6) is 0 Å². The second-order valence-corrected chi connectivity index (χ2v) is 4.98. The van der Waals surface area contributed by atoms with Crippen LogP contribution in [0.1, 0.15) is 11.3 Å². The van der Waals surface area contributed by atoms with Crippen molar-refractivity contribution in [3.63, 3.8) is 0 Å². The number of nitriles is 1. The first-order chi connectivity index (χ1) is 10.6. The predicted octanol–water partition coefficient (Wildman–Crippen LogP) is 4.00. The highest BCUT2D eigenvalue weighted by Crippen LogP contribution is 2.30. The number of H-pyrrole nitrogens is 1. The lowest BCUT2D eigenvalue weighted by molar-refractivity contribution is -0.383. The molecule has 3 aromatic rings. The summed E-state index contributed by atoms with van der Waals surface area (Å²) in [6.07, 6.45) is 0. The van der Waals surface area contributed by atoms with E-state index in [2.05, 4.69) is 10.3 Å². The van der Waals surface area contributed by atoms with Gasteiger partial charge in [0.05, 0.1) is 16.6 Å². The van der Waals surface area contributed by atoms with Crippen molar-refractivity contribution in [2.24, 2.45) is 0 Å². The van der Waals surface area contributed by atoms with E-state index in [1.807, 2.05) is 37.3 Å². The van der Waals surface area contributed by atoms with E-state index in [0.717, 1.165) is 22.3 Å². The Hall–Kier alpha value is -3.33. The molecule has 2 N–H and O–H groups in total. The van der Waals surface area contributed by atoms with Crippen molar-refractivity contribution >= 4 is 28.0 Å². The first-order valence-corrected chi connectivity index (χ1v) is 6.62. The molecule has 1 aromatic heterocycles. The van der Waals surface area contributed by atoms with Crippen LogP contribution >= 0.6 is 0 Å². The van der Waals surface area contributed by atoms with Crippen molar-refractivity contribution in [2.45, 2.75) is 6.92 Å². The molecular weight excluding hydrogens is 280 g/mol. The smallest absolute Gasteiger partial charge is 0.293 e. The summed E-state index contributed by atoms with van der Waals surface area (Å²) in [5.74, 6) is 0. The van der Waals surface area contributed by atoms with E-state index < -0.39 is 4.92 Å². The number of nitrogens with zero attached hydrogens (tertiary/aromatic N) is 2. The number of rotatable bonds is 3. The first kappa shape index (κ1) is 13.6. The number of hydrogen-bond acceptors (Lipinski definition) is 4. The van der Waals surface area contributed by atoms with Gasteiger partial charge in [0.25, 0.3) is 5.69 Å². The van der Waals surface area contributed by atoms with Crippen LogP contribution in [0.4, 0.5) is 17.1 Å². The number of nitro groups is 1. The van der Waals surface area contributed by atoms with Crippen molar-refractivity contribution in [1.29, 1.82) is 5.26 Å². The minimum Gasteiger partial charge on any atom is -0.359 e. The molecule has 0 fully saturated rings. The zero-order chi connectivity index (χ0) is 15.7. The number of nitrogens with one attached hydrogen (secondary N) is 2. The van der Waals surface area contributed by atoms with Gasteiger partial charge in [-0.15, -0.1) is 0 Å². The fraction of sp³-hybridized carbons (Fsp3) is 0.0625. The molecule has 108 valence electrons. The Bertz CT molecular complexity index is 922. The van der Waals surface area contributed by atoms with E-state index >= 15 is 0 Å². The quantitative estimate of drug-likeness (QED) is 0.563. The largest absolute Gasteiger partial charge is 0.359 e. The van der Waals surface area contributed by atoms with Crippen LogP contribution in [0.15, 0.2) is 42.5 Å². The third-order valence-electron chi connectivity index (χ3n) is 3.36. The monoisotopic (exact) mass is 292 g/mol. The fourth-order valence-corrected chi connectivity index (χ4v) is 2.37. The molecule has 0 amide bonds. The van der Waals surface area contributed by atoms with Crippen LogP contribution in [-0.4, -0.2) is 9.91 Å². The van der Waals surface area contributed by atoms with E-state index in [9.17, 15) is 10.1 Å². The van der Waals surface area contributed by atoms with Gasteiger partial charge < -0.3 is 10.3 Å². The highest BCUT2D eigenvalue weighted by atomic mass is 16.6. The zero-order valence-electron chi connectivity index (χ0n) is 11.8. The number of nitro benzene ring substituents is 1. The Balaban J connectivity index is 2.00. The van der Waals surface area contributed by atoms with Gasteiger partial charge in [-0.3, -0.25) is 10.1 Å². The summed E-state index contributed by atoms with van der Waals surface area (Å²) in [6.45, 7) is 1.97. The molecular formula is C16H12N4O2. The number of hydrogen-bond donors (Lipinski definition) is 2. The van der Waals surface area contributed by atoms with E-state index in [1.165, 1.54) is 6.07 Å². The molecule has 0 bridgehead atoms. The van der Waals surface area contributed by atoms with Gasteiger partial charge in [0, 0.05) is 28.4 Å². The third-order valence-corrected chi connectivity index (χ3v) is 3.36. The Kier molecular flexibility index (Phi) is 3.24. The highest BCUT2D eigenvalue weighted by molar-refractivity contribution is 5.85. The van der Waals surface area contributed by atoms with Crippen LogP contribution < -0.4 is 5.32 Å². The van der Waals surface area contributed by atoms with Crippen LogP contribution in [0.3, 0.4) is 0 Å². The van der Waals surface area contributed by atoms with E-state index in [4.69, 9.17) is 5.26 Å². The van der Waals surface area contributed by atoms with Crippen molar-refractivity contribution in [3.8, 4) is 6.07 Å². The maximum atomic E-state index is 11.1. The Labute approximate surface area is 126 Å². The molecule has 22 heavy (non-hydrogen) atoms. The van der Waals surface area contributed by atoms with Crippen molar-refractivity contribution < 1.29 is 4.92 Å². The summed E-state index contributed by atoms with van der Waals surface area (Å²) in [5.41, 5.74) is 3.31. The molecule has 6 heteroatoms. The van der Waals surface area contributed by atoms with Gasteiger partial charge in [0.1, 0.15) is 5.69 Å². The minimum atomic E-state index is -0.498. The van der Waals surface area contributed by atoms with Gasteiger partial charge in [-0.1, -0.05) is 0 Å². The molecule has 2 aromatic carbocycles. The summed E-state index contributed by atoms with van der Waals surface area (Å²) < 4.78 is 0. The highest BCUT2D eigenvalue weighted by Gasteiger charge is 2.15. The number of anilines is 2.